The smallest absolute Gasteiger partial charge is 0.318 e. The van der Waals surface area contributed by atoms with E-state index >= 15 is 0 Å². The predicted octanol–water partition coefficient (Wildman–Crippen LogP) is 1.68. The van der Waals surface area contributed by atoms with Gasteiger partial charge >= 0.3 is 6.18 Å². The molecule has 0 aliphatic rings. The summed E-state index contributed by atoms with van der Waals surface area (Å²) < 4.78 is 37.1. The van der Waals surface area contributed by atoms with Crippen molar-refractivity contribution in [2.75, 3.05) is 5.32 Å². The molecule has 0 aromatic carbocycles. The van der Waals surface area contributed by atoms with E-state index in [-0.39, 0.29) is 5.82 Å². The number of aryl methyl sites for hydroxylation is 1. The minimum absolute atomic E-state index is 0.173. The zero-order valence-corrected chi connectivity index (χ0v) is 10.1. The van der Waals surface area contributed by atoms with Crippen molar-refractivity contribution in [1.82, 2.24) is 15.2 Å². The lowest BCUT2D eigenvalue weighted by atomic mass is 10.2. The molecule has 0 radical (unpaired) electrons. The number of alkyl halides is 3. The highest BCUT2D eigenvalue weighted by Gasteiger charge is 2.32. The van der Waals surface area contributed by atoms with Crippen LogP contribution in [0.4, 0.5) is 19.0 Å². The Hall–Kier alpha value is -2.58. The molecular weight excluding hydrogens is 277 g/mol. The van der Waals surface area contributed by atoms with Crippen molar-refractivity contribution in [3.05, 3.63) is 45.5 Å². The molecule has 2 aromatic heterocycles. The third kappa shape index (κ3) is 2.87. The Morgan fingerprint density at radius 1 is 1.35 bits per heavy atom. The third-order valence-electron chi connectivity index (χ3n) is 2.41. The number of H-pyrrole nitrogens is 2. The van der Waals surface area contributed by atoms with E-state index in [4.69, 9.17) is 0 Å². The van der Waals surface area contributed by atoms with Crippen LogP contribution >= 0.6 is 0 Å². The third-order valence-corrected chi connectivity index (χ3v) is 2.41. The van der Waals surface area contributed by atoms with Crippen LogP contribution in [-0.2, 0) is 6.18 Å². The van der Waals surface area contributed by atoms with Crippen molar-refractivity contribution < 1.29 is 18.0 Å². The van der Waals surface area contributed by atoms with Gasteiger partial charge in [-0.25, -0.2) is 0 Å². The van der Waals surface area contributed by atoms with Crippen LogP contribution in [0.1, 0.15) is 21.7 Å². The van der Waals surface area contributed by atoms with Gasteiger partial charge in [-0.1, -0.05) is 0 Å². The average molecular weight is 286 g/mol. The highest BCUT2D eigenvalue weighted by atomic mass is 19.4. The lowest BCUT2D eigenvalue weighted by molar-refractivity contribution is -0.141. The molecular formula is C11H9F3N4O2. The van der Waals surface area contributed by atoms with E-state index in [1.54, 1.807) is 11.9 Å². The van der Waals surface area contributed by atoms with E-state index in [1.807, 2.05) is 0 Å². The van der Waals surface area contributed by atoms with Crippen molar-refractivity contribution in [1.29, 1.82) is 0 Å². The monoisotopic (exact) mass is 286 g/mol. The van der Waals surface area contributed by atoms with Crippen LogP contribution in [0.2, 0.25) is 0 Å². The summed E-state index contributed by atoms with van der Waals surface area (Å²) in [7, 11) is 0. The van der Waals surface area contributed by atoms with Crippen LogP contribution in [0.25, 0.3) is 0 Å². The number of hydrogen-bond acceptors (Lipinski definition) is 3. The molecule has 1 amide bonds. The topological polar surface area (TPSA) is 90.6 Å². The summed E-state index contributed by atoms with van der Waals surface area (Å²) in [4.78, 5) is 24.8. The number of rotatable bonds is 2. The molecule has 2 aromatic rings. The molecule has 0 atom stereocenters. The van der Waals surface area contributed by atoms with Crippen LogP contribution < -0.4 is 10.9 Å². The van der Waals surface area contributed by atoms with Gasteiger partial charge in [0.2, 0.25) is 0 Å². The number of amides is 1. The van der Waals surface area contributed by atoms with Gasteiger partial charge < -0.3 is 10.3 Å². The fourth-order valence-corrected chi connectivity index (χ4v) is 1.48. The highest BCUT2D eigenvalue weighted by Crippen LogP contribution is 2.26. The molecule has 0 aliphatic heterocycles. The summed E-state index contributed by atoms with van der Waals surface area (Å²) in [5, 5.41) is 8.58. The van der Waals surface area contributed by atoms with Crippen LogP contribution in [0.15, 0.2) is 23.0 Å². The summed E-state index contributed by atoms with van der Waals surface area (Å²) in [5.74, 6) is -0.668. The van der Waals surface area contributed by atoms with E-state index in [0.29, 0.717) is 11.8 Å². The van der Waals surface area contributed by atoms with Crippen LogP contribution in [-0.4, -0.2) is 21.1 Å². The van der Waals surface area contributed by atoms with Gasteiger partial charge in [0.25, 0.3) is 11.5 Å². The zero-order valence-electron chi connectivity index (χ0n) is 10.1. The Labute approximate surface area is 110 Å². The van der Waals surface area contributed by atoms with E-state index in [0.717, 1.165) is 6.07 Å². The molecule has 20 heavy (non-hydrogen) atoms. The summed E-state index contributed by atoms with van der Waals surface area (Å²) in [5.41, 5.74) is -2.08. The molecule has 0 fully saturated rings. The van der Waals surface area contributed by atoms with Crippen molar-refractivity contribution in [2.45, 2.75) is 13.1 Å². The minimum Gasteiger partial charge on any atom is -0.318 e. The first-order chi connectivity index (χ1) is 9.27. The molecule has 2 heterocycles. The van der Waals surface area contributed by atoms with Crippen molar-refractivity contribution >= 4 is 11.7 Å². The number of hydrogen-bond donors (Lipinski definition) is 3. The molecule has 0 unspecified atom stereocenters. The standard InChI is InChI=1S/C11H9F3N4O2/c1-5-4-8(18-17-5)16-10(20)6-2-3-7(11(12,13)14)15-9(6)19/h2-4H,1H3,(H,15,19)(H2,16,17,18,20). The number of aromatic nitrogens is 3. The van der Waals surface area contributed by atoms with Crippen LogP contribution in [0.5, 0.6) is 0 Å². The molecule has 0 aliphatic carbocycles. The highest BCUT2D eigenvalue weighted by molar-refractivity contribution is 6.03. The Morgan fingerprint density at radius 2 is 2.05 bits per heavy atom. The van der Waals surface area contributed by atoms with Gasteiger partial charge in [0, 0.05) is 11.8 Å². The maximum atomic E-state index is 12.4. The van der Waals surface area contributed by atoms with Gasteiger partial charge in [0.15, 0.2) is 5.82 Å². The Morgan fingerprint density at radius 3 is 2.55 bits per heavy atom. The van der Waals surface area contributed by atoms with E-state index in [2.05, 4.69) is 15.5 Å². The average Bonchev–Trinajstić information content (AvgIpc) is 2.73. The molecule has 106 valence electrons. The number of nitrogens with zero attached hydrogens (tertiary/aromatic N) is 1. The maximum Gasteiger partial charge on any atom is 0.431 e. The lowest BCUT2D eigenvalue weighted by Gasteiger charge is -2.07. The van der Waals surface area contributed by atoms with Gasteiger partial charge in [0.05, 0.1) is 0 Å². The summed E-state index contributed by atoms with van der Waals surface area (Å²) in [6.07, 6.45) is -4.67. The predicted molar refractivity (Wildman–Crippen MR) is 63.3 cm³/mol. The van der Waals surface area contributed by atoms with E-state index in [9.17, 15) is 22.8 Å². The molecule has 3 N–H and O–H groups in total. The van der Waals surface area contributed by atoms with E-state index < -0.39 is 28.9 Å². The second-order valence-electron chi connectivity index (χ2n) is 4.00. The molecule has 9 heteroatoms. The summed E-state index contributed by atoms with van der Waals surface area (Å²) in [6.45, 7) is 1.70. The van der Waals surface area contributed by atoms with Crippen LogP contribution in [0.3, 0.4) is 0 Å². The van der Waals surface area contributed by atoms with Crippen molar-refractivity contribution in [3.8, 4) is 0 Å². The molecule has 0 spiro atoms. The van der Waals surface area contributed by atoms with E-state index in [1.165, 1.54) is 6.07 Å². The Bertz CT molecular complexity index is 702. The summed E-state index contributed by atoms with van der Waals surface area (Å²) >= 11 is 0. The molecule has 6 nitrogen and oxygen atoms in total. The number of carbonyl (C=O) groups is 1. The largest absolute Gasteiger partial charge is 0.431 e. The number of anilines is 1. The number of aromatic amines is 2. The Kier molecular flexibility index (Phi) is 3.35. The van der Waals surface area contributed by atoms with Crippen molar-refractivity contribution in [2.24, 2.45) is 0 Å². The quantitative estimate of drug-likeness (QED) is 0.784. The van der Waals surface area contributed by atoms with Gasteiger partial charge in [-0.15, -0.1) is 0 Å². The Balaban J connectivity index is 2.25. The number of halogens is 3. The van der Waals surface area contributed by atoms with Gasteiger partial charge in [0.1, 0.15) is 11.3 Å². The second kappa shape index (κ2) is 4.83. The fourth-order valence-electron chi connectivity index (χ4n) is 1.48. The van der Waals surface area contributed by atoms with Gasteiger partial charge in [-0.2, -0.15) is 18.3 Å². The zero-order chi connectivity index (χ0) is 14.9. The molecule has 0 saturated carbocycles. The first kappa shape index (κ1) is 13.8. The minimum atomic E-state index is -4.67. The second-order valence-corrected chi connectivity index (χ2v) is 4.00. The molecule has 0 saturated heterocycles. The number of nitrogens with one attached hydrogen (secondary N) is 3. The first-order valence-electron chi connectivity index (χ1n) is 5.41. The lowest BCUT2D eigenvalue weighted by Crippen LogP contribution is -2.25. The number of pyridine rings is 1. The first-order valence-corrected chi connectivity index (χ1v) is 5.41. The SMILES string of the molecule is Cc1cc(NC(=O)c2ccc(C(F)(F)F)[nH]c2=O)n[nH]1. The van der Waals surface area contributed by atoms with Gasteiger partial charge in [-0.3, -0.25) is 14.7 Å². The summed E-state index contributed by atoms with van der Waals surface area (Å²) in [6, 6.07) is 2.96. The number of carbonyl (C=O) groups excluding carboxylic acids is 1. The molecule has 2 rings (SSSR count). The fraction of sp³-hybridized carbons (Fsp3) is 0.182. The van der Waals surface area contributed by atoms with Crippen LogP contribution in [0, 0.1) is 6.92 Å². The normalized spacial score (nSPS) is 11.4. The van der Waals surface area contributed by atoms with Crippen molar-refractivity contribution in [3.63, 3.8) is 0 Å². The molecule has 0 bridgehead atoms. The van der Waals surface area contributed by atoms with Gasteiger partial charge in [-0.05, 0) is 19.1 Å². The maximum absolute atomic E-state index is 12.4.